The quantitative estimate of drug-likeness (QED) is 0.593. The van der Waals surface area contributed by atoms with Gasteiger partial charge in [0.1, 0.15) is 6.04 Å². The summed E-state index contributed by atoms with van der Waals surface area (Å²) in [5, 5.41) is 0. The second-order valence-corrected chi connectivity index (χ2v) is 8.15. The third kappa shape index (κ3) is 4.09. The van der Waals surface area contributed by atoms with Gasteiger partial charge < -0.3 is 4.74 Å². The van der Waals surface area contributed by atoms with Crippen molar-refractivity contribution in [2.75, 3.05) is 13.7 Å². The first-order valence-electron chi connectivity index (χ1n) is 8.66. The number of hydrogen-bond acceptors (Lipinski definition) is 4. The van der Waals surface area contributed by atoms with Crippen LogP contribution < -0.4 is 0 Å². The Kier molecular flexibility index (Phi) is 5.84. The van der Waals surface area contributed by atoms with Crippen molar-refractivity contribution < 1.29 is 17.9 Å². The number of benzene rings is 2. The van der Waals surface area contributed by atoms with E-state index >= 15 is 0 Å². The Hall–Kier alpha value is -3.06. The minimum absolute atomic E-state index is 0.00772. The number of fused-ring (bicyclic) bond motifs is 1. The fraction of sp³-hybridized carbons (Fsp3) is 0.227. The molecule has 0 fully saturated rings. The molecule has 5 nitrogen and oxygen atoms in total. The van der Waals surface area contributed by atoms with E-state index in [0.717, 1.165) is 21.0 Å². The molecule has 0 saturated heterocycles. The molecule has 2 aromatic carbocycles. The van der Waals surface area contributed by atoms with E-state index in [-0.39, 0.29) is 17.9 Å². The first kappa shape index (κ1) is 19.7. The van der Waals surface area contributed by atoms with Gasteiger partial charge in [-0.1, -0.05) is 53.5 Å². The molecule has 1 heterocycles. The number of sulfonamides is 1. The van der Waals surface area contributed by atoms with Crippen LogP contribution >= 0.6 is 0 Å². The summed E-state index contributed by atoms with van der Waals surface area (Å²) >= 11 is 0. The molecule has 0 aliphatic carbocycles. The fourth-order valence-electron chi connectivity index (χ4n) is 2.80. The number of ether oxygens (including phenoxy) is 1. The fourth-order valence-corrected chi connectivity index (χ4v) is 4.28. The largest absolute Gasteiger partial charge is 0.468 e. The summed E-state index contributed by atoms with van der Waals surface area (Å²) in [5.74, 6) is 11.1. The van der Waals surface area contributed by atoms with E-state index < -0.39 is 22.0 Å². The highest BCUT2D eigenvalue weighted by atomic mass is 32.2. The molecule has 1 aliphatic heterocycles. The van der Waals surface area contributed by atoms with Crippen molar-refractivity contribution >= 4 is 16.0 Å². The number of rotatable bonds is 3. The van der Waals surface area contributed by atoms with Crippen LogP contribution in [0.3, 0.4) is 0 Å². The van der Waals surface area contributed by atoms with Crippen LogP contribution in [0.4, 0.5) is 0 Å². The Morgan fingerprint density at radius 1 is 1.04 bits per heavy atom. The van der Waals surface area contributed by atoms with Crippen LogP contribution in [0.25, 0.3) is 0 Å². The van der Waals surface area contributed by atoms with Crippen LogP contribution in [0.1, 0.15) is 23.1 Å². The zero-order valence-corrected chi connectivity index (χ0v) is 16.4. The molecular formula is C22H19NO4S. The number of methoxy groups -OCH3 is 1. The highest BCUT2D eigenvalue weighted by molar-refractivity contribution is 7.89. The summed E-state index contributed by atoms with van der Waals surface area (Å²) in [6, 6.07) is 12.8. The third-order valence-corrected chi connectivity index (χ3v) is 6.22. The maximum absolute atomic E-state index is 13.2. The number of carbonyl (C=O) groups excluding carboxylic acids is 1. The lowest BCUT2D eigenvalue weighted by atomic mass is 10.1. The van der Waals surface area contributed by atoms with E-state index in [9.17, 15) is 13.2 Å². The number of hydrogen-bond donors (Lipinski definition) is 0. The first-order valence-corrected chi connectivity index (χ1v) is 10.1. The molecule has 0 saturated carbocycles. The lowest BCUT2D eigenvalue weighted by Gasteiger charge is -2.26. The summed E-state index contributed by atoms with van der Waals surface area (Å²) in [6.07, 6.45) is 0.00772. The van der Waals surface area contributed by atoms with Crippen LogP contribution in [0.5, 0.6) is 0 Å². The molecule has 1 atom stereocenters. The van der Waals surface area contributed by atoms with E-state index in [0.29, 0.717) is 0 Å². The van der Waals surface area contributed by atoms with Gasteiger partial charge in [0.15, 0.2) is 0 Å². The van der Waals surface area contributed by atoms with Gasteiger partial charge in [0.05, 0.1) is 18.6 Å². The van der Waals surface area contributed by atoms with Gasteiger partial charge in [-0.2, -0.15) is 4.31 Å². The lowest BCUT2D eigenvalue weighted by Crippen LogP contribution is -2.45. The molecular weight excluding hydrogens is 374 g/mol. The summed E-state index contributed by atoms with van der Waals surface area (Å²) in [4.78, 5) is 12.5. The molecule has 0 unspecified atom stereocenters. The third-order valence-electron chi connectivity index (χ3n) is 4.35. The molecule has 28 heavy (non-hydrogen) atoms. The molecule has 0 amide bonds. The lowest BCUT2D eigenvalue weighted by molar-refractivity contribution is -0.144. The molecule has 0 aromatic heterocycles. The maximum Gasteiger partial charge on any atom is 0.325 e. The number of nitrogens with zero attached hydrogens (tertiary/aromatic N) is 1. The zero-order chi connectivity index (χ0) is 20.1. The van der Waals surface area contributed by atoms with E-state index in [1.54, 1.807) is 12.1 Å². The summed E-state index contributed by atoms with van der Waals surface area (Å²) in [6.45, 7) is 1.72. The number of carbonyl (C=O) groups is 1. The molecule has 0 radical (unpaired) electrons. The van der Waals surface area contributed by atoms with Crippen LogP contribution in [0.2, 0.25) is 0 Å². The second-order valence-electron chi connectivity index (χ2n) is 6.26. The van der Waals surface area contributed by atoms with Crippen molar-refractivity contribution in [2.24, 2.45) is 0 Å². The minimum Gasteiger partial charge on any atom is -0.468 e. The molecule has 142 valence electrons. The average Bonchev–Trinajstić information content (AvgIpc) is 2.70. The van der Waals surface area contributed by atoms with Crippen molar-refractivity contribution in [2.45, 2.75) is 24.3 Å². The van der Waals surface area contributed by atoms with Crippen molar-refractivity contribution in [3.05, 3.63) is 65.2 Å². The van der Waals surface area contributed by atoms with Gasteiger partial charge in [-0.25, -0.2) is 8.42 Å². The number of esters is 1. The molecule has 3 rings (SSSR count). The molecule has 6 heteroatoms. The Morgan fingerprint density at radius 2 is 1.64 bits per heavy atom. The summed E-state index contributed by atoms with van der Waals surface area (Å²) < 4.78 is 32.4. The first-order chi connectivity index (χ1) is 13.4. The van der Waals surface area contributed by atoms with Crippen LogP contribution in [0, 0.1) is 30.6 Å². The SMILES string of the molecule is COC(=O)[C@H]1CC#Cc2ccccc2C#CCN1S(=O)(=O)c1ccc(C)cc1. The van der Waals surface area contributed by atoms with E-state index in [1.165, 1.54) is 19.2 Å². The van der Waals surface area contributed by atoms with Crippen LogP contribution in [0.15, 0.2) is 53.4 Å². The van der Waals surface area contributed by atoms with Gasteiger partial charge in [0.2, 0.25) is 10.0 Å². The van der Waals surface area contributed by atoms with Crippen molar-refractivity contribution in [1.82, 2.24) is 4.31 Å². The normalized spacial score (nSPS) is 16.6. The molecule has 0 spiro atoms. The highest BCUT2D eigenvalue weighted by Gasteiger charge is 2.36. The second kappa shape index (κ2) is 8.31. The van der Waals surface area contributed by atoms with Crippen LogP contribution in [-0.4, -0.2) is 38.4 Å². The predicted molar refractivity (Wildman–Crippen MR) is 106 cm³/mol. The predicted octanol–water partition coefficient (Wildman–Crippen LogP) is 2.33. The number of aryl methyl sites for hydroxylation is 1. The van der Waals surface area contributed by atoms with E-state index in [2.05, 4.69) is 23.7 Å². The van der Waals surface area contributed by atoms with Gasteiger partial charge in [0.25, 0.3) is 0 Å². The molecule has 2 aromatic rings. The molecule has 0 N–H and O–H groups in total. The maximum atomic E-state index is 13.2. The molecule has 1 aliphatic rings. The monoisotopic (exact) mass is 393 g/mol. The Balaban J connectivity index is 2.09. The summed E-state index contributed by atoms with van der Waals surface area (Å²) in [5.41, 5.74) is 2.40. The Morgan fingerprint density at radius 3 is 2.25 bits per heavy atom. The topological polar surface area (TPSA) is 63.7 Å². The van der Waals surface area contributed by atoms with E-state index in [1.807, 2.05) is 31.2 Å². The highest BCUT2D eigenvalue weighted by Crippen LogP contribution is 2.21. The Labute approximate surface area is 165 Å². The van der Waals surface area contributed by atoms with Crippen molar-refractivity contribution in [3.63, 3.8) is 0 Å². The van der Waals surface area contributed by atoms with Gasteiger partial charge in [-0.05, 0) is 31.2 Å². The van der Waals surface area contributed by atoms with Crippen molar-refractivity contribution in [1.29, 1.82) is 0 Å². The summed E-state index contributed by atoms with van der Waals surface area (Å²) in [7, 11) is -2.74. The van der Waals surface area contributed by atoms with Crippen LogP contribution in [-0.2, 0) is 19.6 Å². The average molecular weight is 393 g/mol. The van der Waals surface area contributed by atoms with Gasteiger partial charge in [-0.3, -0.25) is 4.79 Å². The van der Waals surface area contributed by atoms with Gasteiger partial charge in [0, 0.05) is 17.5 Å². The van der Waals surface area contributed by atoms with E-state index in [4.69, 9.17) is 4.74 Å². The minimum atomic E-state index is -3.97. The Bertz CT molecular complexity index is 1110. The van der Waals surface area contributed by atoms with Gasteiger partial charge in [-0.15, -0.1) is 0 Å². The molecule has 0 bridgehead atoms. The standard InChI is InChI=1S/C22H19NO4S/c1-17-12-14-20(15-13-17)28(25,26)23-16-6-10-19-8-4-3-7-18(19)9-5-11-21(23)22(24)27-2/h3-4,7-8,12-15,21H,11,16H2,1-2H3/t21-/m1/s1. The smallest absolute Gasteiger partial charge is 0.325 e. The van der Waals surface area contributed by atoms with Gasteiger partial charge >= 0.3 is 5.97 Å². The zero-order valence-electron chi connectivity index (χ0n) is 15.6. The van der Waals surface area contributed by atoms with Crippen molar-refractivity contribution in [3.8, 4) is 23.7 Å².